The number of rotatable bonds is 6. The van der Waals surface area contributed by atoms with Crippen molar-refractivity contribution in [1.82, 2.24) is 5.32 Å². The Balaban J connectivity index is 2.16. The first kappa shape index (κ1) is 15.1. The molecular weight excluding hydrogens is 277 g/mol. The van der Waals surface area contributed by atoms with Crippen LogP contribution in [0.25, 0.3) is 0 Å². The van der Waals surface area contributed by atoms with E-state index in [-0.39, 0.29) is 16.9 Å². The summed E-state index contributed by atoms with van der Waals surface area (Å²) in [5, 5.41) is 3.61. The summed E-state index contributed by atoms with van der Waals surface area (Å²) in [7, 11) is 0. The van der Waals surface area contributed by atoms with Crippen LogP contribution in [0.5, 0.6) is 0 Å². The molecule has 2 nitrogen and oxygen atoms in total. The first-order valence-corrected chi connectivity index (χ1v) is 7.21. The zero-order chi connectivity index (χ0) is 14.5. The molecule has 0 spiro atoms. The molecule has 0 saturated heterocycles. The van der Waals surface area contributed by atoms with Crippen molar-refractivity contribution in [3.8, 4) is 0 Å². The fourth-order valence-corrected chi connectivity index (χ4v) is 2.34. The topological polar surface area (TPSA) is 25.2 Å². The van der Waals surface area contributed by atoms with Crippen molar-refractivity contribution in [2.75, 3.05) is 6.54 Å². The third-order valence-electron chi connectivity index (χ3n) is 3.17. The Morgan fingerprint density at radius 3 is 2.70 bits per heavy atom. The van der Waals surface area contributed by atoms with Gasteiger partial charge < -0.3 is 9.73 Å². The number of halogens is 2. The van der Waals surface area contributed by atoms with E-state index in [0.29, 0.717) is 6.42 Å². The monoisotopic (exact) mass is 295 g/mol. The first-order valence-electron chi connectivity index (χ1n) is 6.83. The lowest BCUT2D eigenvalue weighted by atomic mass is 10.0. The summed E-state index contributed by atoms with van der Waals surface area (Å²) < 4.78 is 18.9. The van der Waals surface area contributed by atoms with E-state index < -0.39 is 0 Å². The molecule has 0 saturated carbocycles. The Hall–Kier alpha value is -1.32. The summed E-state index contributed by atoms with van der Waals surface area (Å²) in [4.78, 5) is 0. The van der Waals surface area contributed by atoms with Crippen molar-refractivity contribution in [1.29, 1.82) is 0 Å². The van der Waals surface area contributed by atoms with Crippen molar-refractivity contribution < 1.29 is 8.81 Å². The normalized spacial score (nSPS) is 12.6. The molecule has 0 radical (unpaired) electrons. The van der Waals surface area contributed by atoms with E-state index in [4.69, 9.17) is 16.0 Å². The zero-order valence-electron chi connectivity index (χ0n) is 11.7. The minimum absolute atomic E-state index is 0.0742. The second kappa shape index (κ2) is 6.91. The van der Waals surface area contributed by atoms with Crippen LogP contribution in [0.3, 0.4) is 0 Å². The average Bonchev–Trinajstić information content (AvgIpc) is 2.85. The lowest BCUT2D eigenvalue weighted by Crippen LogP contribution is -2.23. The Kier molecular flexibility index (Phi) is 5.21. The quantitative estimate of drug-likeness (QED) is 0.838. The van der Waals surface area contributed by atoms with Gasteiger partial charge in [0.2, 0.25) is 0 Å². The summed E-state index contributed by atoms with van der Waals surface area (Å²) in [5.41, 5.74) is 0.985. The summed E-state index contributed by atoms with van der Waals surface area (Å²) in [6.45, 7) is 4.95. The maximum absolute atomic E-state index is 13.2. The maximum atomic E-state index is 13.2. The molecule has 1 unspecified atom stereocenters. The molecule has 4 heteroatoms. The fourth-order valence-electron chi connectivity index (χ4n) is 2.13. The molecule has 1 heterocycles. The molecule has 0 fully saturated rings. The number of furan rings is 1. The summed E-state index contributed by atoms with van der Waals surface area (Å²) in [6.07, 6.45) is 1.76. The third-order valence-corrected chi connectivity index (χ3v) is 3.46. The molecule has 1 aromatic heterocycles. The minimum atomic E-state index is -0.387. The Morgan fingerprint density at radius 2 is 2.10 bits per heavy atom. The number of nitrogens with one attached hydrogen (secondary N) is 1. The van der Waals surface area contributed by atoms with E-state index in [1.54, 1.807) is 12.1 Å². The van der Waals surface area contributed by atoms with Crippen LogP contribution in [0.1, 0.15) is 36.5 Å². The molecule has 1 aromatic carbocycles. The van der Waals surface area contributed by atoms with Crippen LogP contribution in [0.15, 0.2) is 34.7 Å². The Bertz CT molecular complexity index is 567. The van der Waals surface area contributed by atoms with Gasteiger partial charge >= 0.3 is 0 Å². The maximum Gasteiger partial charge on any atom is 0.141 e. The molecule has 2 rings (SSSR count). The van der Waals surface area contributed by atoms with Crippen LogP contribution in [0.4, 0.5) is 4.39 Å². The predicted octanol–water partition coefficient (Wildman–Crippen LogP) is 4.66. The number of hydrogen-bond donors (Lipinski definition) is 1. The molecule has 2 aromatic rings. The number of hydrogen-bond acceptors (Lipinski definition) is 2. The summed E-state index contributed by atoms with van der Waals surface area (Å²) >= 11 is 5.83. The molecule has 1 N–H and O–H groups in total. The van der Waals surface area contributed by atoms with Crippen molar-refractivity contribution >= 4 is 11.6 Å². The van der Waals surface area contributed by atoms with Crippen molar-refractivity contribution in [3.63, 3.8) is 0 Å². The third kappa shape index (κ3) is 3.84. The highest BCUT2D eigenvalue weighted by Crippen LogP contribution is 2.23. The SMILES string of the molecule is CCCNC(Cc1ccc(F)c(Cl)c1)c1ccc(C)o1. The van der Waals surface area contributed by atoms with Gasteiger partial charge in [-0.05, 0) is 56.1 Å². The van der Waals surface area contributed by atoms with Gasteiger partial charge in [-0.2, -0.15) is 0 Å². The zero-order valence-corrected chi connectivity index (χ0v) is 12.5. The highest BCUT2D eigenvalue weighted by Gasteiger charge is 2.15. The van der Waals surface area contributed by atoms with Gasteiger partial charge in [0.05, 0.1) is 11.1 Å². The van der Waals surface area contributed by atoms with Gasteiger partial charge in [0, 0.05) is 0 Å². The van der Waals surface area contributed by atoms with Crippen LogP contribution in [0.2, 0.25) is 5.02 Å². The molecule has 20 heavy (non-hydrogen) atoms. The summed E-state index contributed by atoms with van der Waals surface area (Å²) in [5.74, 6) is 1.40. The van der Waals surface area contributed by atoms with Gasteiger partial charge in [-0.25, -0.2) is 4.39 Å². The first-order chi connectivity index (χ1) is 9.60. The highest BCUT2D eigenvalue weighted by molar-refractivity contribution is 6.30. The smallest absolute Gasteiger partial charge is 0.141 e. The average molecular weight is 296 g/mol. The van der Waals surface area contributed by atoms with E-state index in [1.165, 1.54) is 6.07 Å². The highest BCUT2D eigenvalue weighted by atomic mass is 35.5. The number of aryl methyl sites for hydroxylation is 1. The van der Waals surface area contributed by atoms with Gasteiger partial charge in [-0.1, -0.05) is 24.6 Å². The van der Waals surface area contributed by atoms with Gasteiger partial charge in [0.25, 0.3) is 0 Å². The number of benzene rings is 1. The Labute approximate surface area is 123 Å². The van der Waals surface area contributed by atoms with E-state index in [9.17, 15) is 4.39 Å². The van der Waals surface area contributed by atoms with Gasteiger partial charge in [0.15, 0.2) is 0 Å². The standard InChI is InChI=1S/C16H19ClFNO/c1-3-8-19-15(16-7-4-11(2)20-16)10-12-5-6-14(18)13(17)9-12/h4-7,9,15,19H,3,8,10H2,1-2H3. The molecule has 0 aliphatic heterocycles. The Morgan fingerprint density at radius 1 is 1.30 bits per heavy atom. The van der Waals surface area contributed by atoms with E-state index in [1.807, 2.05) is 19.1 Å². The minimum Gasteiger partial charge on any atom is -0.465 e. The molecule has 1 atom stereocenters. The lowest BCUT2D eigenvalue weighted by molar-refractivity contribution is 0.398. The van der Waals surface area contributed by atoms with Crippen LogP contribution < -0.4 is 5.32 Å². The molecule has 0 bridgehead atoms. The van der Waals surface area contributed by atoms with Crippen molar-refractivity contribution in [2.24, 2.45) is 0 Å². The second-order valence-corrected chi connectivity index (χ2v) is 5.31. The van der Waals surface area contributed by atoms with E-state index in [0.717, 1.165) is 30.0 Å². The van der Waals surface area contributed by atoms with Gasteiger partial charge in [-0.15, -0.1) is 0 Å². The molecule has 0 amide bonds. The van der Waals surface area contributed by atoms with Crippen LogP contribution in [-0.4, -0.2) is 6.54 Å². The molecule has 0 aliphatic carbocycles. The second-order valence-electron chi connectivity index (χ2n) is 4.91. The van der Waals surface area contributed by atoms with Crippen LogP contribution in [-0.2, 0) is 6.42 Å². The largest absolute Gasteiger partial charge is 0.465 e. The van der Waals surface area contributed by atoms with Crippen molar-refractivity contribution in [3.05, 3.63) is 58.3 Å². The predicted molar refractivity (Wildman–Crippen MR) is 79.6 cm³/mol. The van der Waals surface area contributed by atoms with Gasteiger partial charge in [0.1, 0.15) is 17.3 Å². The van der Waals surface area contributed by atoms with Crippen molar-refractivity contribution in [2.45, 2.75) is 32.7 Å². The fraction of sp³-hybridized carbons (Fsp3) is 0.375. The van der Waals surface area contributed by atoms with Crippen LogP contribution >= 0.6 is 11.6 Å². The molecular formula is C16H19ClFNO. The lowest BCUT2D eigenvalue weighted by Gasteiger charge is -2.16. The van der Waals surface area contributed by atoms with E-state index in [2.05, 4.69) is 12.2 Å². The van der Waals surface area contributed by atoms with E-state index >= 15 is 0 Å². The van der Waals surface area contributed by atoms with Crippen LogP contribution in [0, 0.1) is 12.7 Å². The van der Waals surface area contributed by atoms with Gasteiger partial charge in [-0.3, -0.25) is 0 Å². The summed E-state index contributed by atoms with van der Waals surface area (Å²) in [6, 6.07) is 8.85. The molecule has 0 aliphatic rings. The molecule has 108 valence electrons.